The molecule has 0 aliphatic heterocycles. The zero-order valence-corrected chi connectivity index (χ0v) is 30.9. The smallest absolute Gasteiger partial charge is 0.0248 e. The van der Waals surface area contributed by atoms with Crippen LogP contribution >= 0.6 is 63.7 Å². The molecule has 0 N–H and O–H groups in total. The number of benzene rings is 7. The van der Waals surface area contributed by atoms with Crippen LogP contribution in [-0.4, -0.2) is 0 Å². The third-order valence-electron chi connectivity index (χ3n) is 8.16. The number of rotatable bonds is 6. The van der Waals surface area contributed by atoms with E-state index in [0.29, 0.717) is 0 Å². The lowest BCUT2D eigenvalue weighted by molar-refractivity contribution is 1.56. The second-order valence-electron chi connectivity index (χ2n) is 11.1. The number of halogens is 4. The molecule has 0 unspecified atom stereocenters. The first-order valence-corrected chi connectivity index (χ1v) is 18.0. The maximum absolute atomic E-state index is 3.66. The molecule has 0 heterocycles. The molecule has 7 rings (SSSR count). The van der Waals surface area contributed by atoms with E-state index >= 15 is 0 Å². The SMILES string of the molecule is Brc1ccc(Br)c(C=Cc2ccc(-c3c4ccccc4c(-c4ccc(C=Cc5cc(Br)ccc5Br)cc4)c4ccccc34)cc2)c1. The third kappa shape index (κ3) is 6.50. The van der Waals surface area contributed by atoms with Gasteiger partial charge >= 0.3 is 0 Å². The summed E-state index contributed by atoms with van der Waals surface area (Å²) in [5, 5.41) is 5.00. The summed E-state index contributed by atoms with van der Waals surface area (Å²) in [5.41, 5.74) is 9.52. The highest BCUT2D eigenvalue weighted by atomic mass is 79.9. The van der Waals surface area contributed by atoms with Gasteiger partial charge in [0, 0.05) is 17.9 Å². The molecule has 0 aromatic heterocycles. The average Bonchev–Trinajstić information content (AvgIpc) is 3.08. The molecule has 46 heavy (non-hydrogen) atoms. The molecular weight excluding hydrogens is 824 g/mol. The molecule has 4 heteroatoms. The Morgan fingerprint density at radius 2 is 0.696 bits per heavy atom. The first kappa shape index (κ1) is 31.1. The average molecular weight is 850 g/mol. The van der Waals surface area contributed by atoms with Crippen LogP contribution < -0.4 is 0 Å². The fourth-order valence-electron chi connectivity index (χ4n) is 5.93. The Morgan fingerprint density at radius 3 is 1.04 bits per heavy atom. The van der Waals surface area contributed by atoms with E-state index in [4.69, 9.17) is 0 Å². The van der Waals surface area contributed by atoms with Gasteiger partial charge in [-0.2, -0.15) is 0 Å². The Labute approximate surface area is 303 Å². The van der Waals surface area contributed by atoms with Crippen molar-refractivity contribution in [2.45, 2.75) is 0 Å². The van der Waals surface area contributed by atoms with E-state index in [9.17, 15) is 0 Å². The molecule has 7 aromatic carbocycles. The normalized spacial score (nSPS) is 11.7. The maximum Gasteiger partial charge on any atom is 0.0248 e. The Balaban J connectivity index is 1.28. The number of hydrogen-bond donors (Lipinski definition) is 0. The Hall–Kier alpha value is -3.54. The summed E-state index contributed by atoms with van der Waals surface area (Å²) in [6.07, 6.45) is 8.60. The largest absolute Gasteiger partial charge is 0.0616 e. The Kier molecular flexibility index (Phi) is 9.24. The number of fused-ring (bicyclic) bond motifs is 2. The minimum Gasteiger partial charge on any atom is -0.0616 e. The van der Waals surface area contributed by atoms with Crippen LogP contribution in [0.1, 0.15) is 22.3 Å². The van der Waals surface area contributed by atoms with Gasteiger partial charge in [0.15, 0.2) is 0 Å². The summed E-state index contributed by atoms with van der Waals surface area (Å²) in [4.78, 5) is 0. The van der Waals surface area contributed by atoms with Gasteiger partial charge in [0.1, 0.15) is 0 Å². The predicted molar refractivity (Wildman–Crippen MR) is 214 cm³/mol. The van der Waals surface area contributed by atoms with Crippen LogP contribution in [0.25, 0.3) is 68.1 Å². The van der Waals surface area contributed by atoms with E-state index < -0.39 is 0 Å². The van der Waals surface area contributed by atoms with Crippen LogP contribution in [0.5, 0.6) is 0 Å². The molecule has 222 valence electrons. The molecule has 0 spiro atoms. The van der Waals surface area contributed by atoms with Crippen LogP contribution in [0.4, 0.5) is 0 Å². The summed E-state index contributed by atoms with van der Waals surface area (Å²) in [6.45, 7) is 0. The molecule has 0 fully saturated rings. The summed E-state index contributed by atoms with van der Waals surface area (Å²) >= 11 is 14.5. The van der Waals surface area contributed by atoms with Crippen molar-refractivity contribution in [2.24, 2.45) is 0 Å². The van der Waals surface area contributed by atoms with Crippen molar-refractivity contribution in [3.63, 3.8) is 0 Å². The molecule has 0 aliphatic carbocycles. The Bertz CT molecular complexity index is 2060. The van der Waals surface area contributed by atoms with Gasteiger partial charge in [-0.05, 0) is 102 Å². The fraction of sp³-hybridized carbons (Fsp3) is 0. The first-order valence-electron chi connectivity index (χ1n) is 14.9. The second-order valence-corrected chi connectivity index (χ2v) is 14.6. The van der Waals surface area contributed by atoms with Crippen molar-refractivity contribution in [2.75, 3.05) is 0 Å². The van der Waals surface area contributed by atoms with Gasteiger partial charge in [0.05, 0.1) is 0 Å². The van der Waals surface area contributed by atoms with Gasteiger partial charge in [-0.15, -0.1) is 0 Å². The van der Waals surface area contributed by atoms with E-state index in [1.54, 1.807) is 0 Å². The van der Waals surface area contributed by atoms with E-state index in [-0.39, 0.29) is 0 Å². The van der Waals surface area contributed by atoms with Crippen molar-refractivity contribution < 1.29 is 0 Å². The van der Waals surface area contributed by atoms with Gasteiger partial charge in [-0.1, -0.05) is 185 Å². The topological polar surface area (TPSA) is 0 Å². The standard InChI is InChI=1S/C42H26Br4/c43-33-21-23-39(45)31(25-33)19-13-27-9-15-29(16-10-27)41-35-5-1-2-6-36(35)42(38-8-4-3-7-37(38)41)30-17-11-28(12-18-30)14-20-32-26-34(44)22-24-40(32)46/h1-26H. The van der Waals surface area contributed by atoms with Crippen molar-refractivity contribution in [1.82, 2.24) is 0 Å². The lowest BCUT2D eigenvalue weighted by atomic mass is 9.85. The molecule has 0 saturated carbocycles. The monoisotopic (exact) mass is 846 g/mol. The van der Waals surface area contributed by atoms with Crippen LogP contribution in [0, 0.1) is 0 Å². The Morgan fingerprint density at radius 1 is 0.348 bits per heavy atom. The summed E-state index contributed by atoms with van der Waals surface area (Å²) in [6, 6.07) is 47.8. The molecule has 0 bridgehead atoms. The zero-order chi connectivity index (χ0) is 31.6. The highest BCUT2D eigenvalue weighted by Gasteiger charge is 2.16. The quantitative estimate of drug-likeness (QED) is 0.116. The van der Waals surface area contributed by atoms with Crippen molar-refractivity contribution in [3.8, 4) is 22.3 Å². The van der Waals surface area contributed by atoms with Crippen molar-refractivity contribution >= 4 is 110 Å². The van der Waals surface area contributed by atoms with Crippen LogP contribution in [0.15, 0.2) is 151 Å². The molecule has 7 aromatic rings. The summed E-state index contributed by atoms with van der Waals surface area (Å²) in [5.74, 6) is 0. The van der Waals surface area contributed by atoms with Gasteiger partial charge in [-0.3, -0.25) is 0 Å². The third-order valence-corrected chi connectivity index (χ3v) is 10.6. The molecule has 0 saturated heterocycles. The lowest BCUT2D eigenvalue weighted by Crippen LogP contribution is -1.91. The highest BCUT2D eigenvalue weighted by Crippen LogP contribution is 2.43. The molecule has 0 nitrogen and oxygen atoms in total. The van der Waals surface area contributed by atoms with E-state index in [2.05, 4.69) is 209 Å². The van der Waals surface area contributed by atoms with E-state index in [1.165, 1.54) is 43.8 Å². The predicted octanol–water partition coefficient (Wildman–Crippen LogP) is 14.7. The van der Waals surface area contributed by atoms with Crippen molar-refractivity contribution in [1.29, 1.82) is 0 Å². The lowest BCUT2D eigenvalue weighted by Gasteiger charge is -2.18. The molecule has 0 aliphatic rings. The van der Waals surface area contributed by atoms with Crippen LogP contribution in [0.2, 0.25) is 0 Å². The zero-order valence-electron chi connectivity index (χ0n) is 24.5. The van der Waals surface area contributed by atoms with Gasteiger partial charge < -0.3 is 0 Å². The first-order chi connectivity index (χ1) is 22.4. The minimum absolute atomic E-state index is 1.06. The molecule has 0 amide bonds. The van der Waals surface area contributed by atoms with Gasteiger partial charge in [-0.25, -0.2) is 0 Å². The van der Waals surface area contributed by atoms with Gasteiger partial charge in [0.2, 0.25) is 0 Å². The van der Waals surface area contributed by atoms with Crippen LogP contribution in [0.3, 0.4) is 0 Å². The van der Waals surface area contributed by atoms with E-state index in [0.717, 1.165) is 40.1 Å². The second kappa shape index (κ2) is 13.7. The molecule has 0 atom stereocenters. The molecular formula is C42H26Br4. The number of hydrogen-bond acceptors (Lipinski definition) is 0. The highest BCUT2D eigenvalue weighted by molar-refractivity contribution is 9.11. The fourth-order valence-corrected chi connectivity index (χ4v) is 7.44. The van der Waals surface area contributed by atoms with Crippen LogP contribution in [-0.2, 0) is 0 Å². The molecule has 0 radical (unpaired) electrons. The van der Waals surface area contributed by atoms with Gasteiger partial charge in [0.25, 0.3) is 0 Å². The minimum atomic E-state index is 1.06. The maximum atomic E-state index is 3.66. The summed E-state index contributed by atoms with van der Waals surface area (Å²) < 4.78 is 4.26. The van der Waals surface area contributed by atoms with E-state index in [1.807, 2.05) is 12.1 Å². The summed E-state index contributed by atoms with van der Waals surface area (Å²) in [7, 11) is 0. The van der Waals surface area contributed by atoms with Crippen molar-refractivity contribution in [3.05, 3.63) is 174 Å².